The maximum atomic E-state index is 15.1. The van der Waals surface area contributed by atoms with Crippen molar-refractivity contribution in [3.63, 3.8) is 0 Å². The van der Waals surface area contributed by atoms with Crippen molar-refractivity contribution in [2.75, 3.05) is 42.3 Å². The van der Waals surface area contributed by atoms with Crippen molar-refractivity contribution in [2.24, 2.45) is 0 Å². The lowest BCUT2D eigenvalue weighted by Crippen LogP contribution is -2.51. The third kappa shape index (κ3) is 3.72. The number of carbonyl (C=O) groups is 1. The number of likely N-dealkylation sites (N-methyl/N-ethyl adjacent to an activating group) is 2. The van der Waals surface area contributed by atoms with Crippen molar-refractivity contribution in [3.05, 3.63) is 48.5 Å². The molecule has 186 valence electrons. The number of aromatic nitrogens is 3. The van der Waals surface area contributed by atoms with Gasteiger partial charge in [-0.2, -0.15) is 0 Å². The molecule has 6 rings (SSSR count). The number of ether oxygens (including phenoxy) is 1. The Hall–Kier alpha value is -3.79. The van der Waals surface area contributed by atoms with Gasteiger partial charge in [0.05, 0.1) is 11.4 Å². The second-order valence-electron chi connectivity index (χ2n) is 10.2. The van der Waals surface area contributed by atoms with Gasteiger partial charge in [-0.05, 0) is 57.6 Å². The molecule has 9 nitrogen and oxygen atoms in total. The molecule has 3 aromatic rings. The summed E-state index contributed by atoms with van der Waals surface area (Å²) in [7, 11) is 3.81. The molecule has 1 N–H and O–H groups in total. The van der Waals surface area contributed by atoms with Crippen LogP contribution in [0.4, 0.5) is 27.5 Å². The van der Waals surface area contributed by atoms with Crippen molar-refractivity contribution >= 4 is 29.0 Å². The normalized spacial score (nSPS) is 22.5. The number of carbonyl (C=O) groups excluding carboxylic acids is 1. The maximum Gasteiger partial charge on any atom is 0.271 e. The highest BCUT2D eigenvalue weighted by molar-refractivity contribution is 6.01. The molecular formula is C26H28FN7O2. The van der Waals surface area contributed by atoms with Gasteiger partial charge in [-0.15, -0.1) is 0 Å². The zero-order valence-corrected chi connectivity index (χ0v) is 20.7. The minimum Gasteiger partial charge on any atom is -0.474 e. The number of benzene rings is 1. The van der Waals surface area contributed by atoms with E-state index >= 15 is 4.39 Å². The zero-order valence-electron chi connectivity index (χ0n) is 20.7. The van der Waals surface area contributed by atoms with Crippen LogP contribution < -0.4 is 19.9 Å². The van der Waals surface area contributed by atoms with E-state index in [2.05, 4.69) is 37.1 Å². The van der Waals surface area contributed by atoms with Crippen LogP contribution in [0.3, 0.4) is 0 Å². The Morgan fingerprint density at radius 2 is 1.94 bits per heavy atom. The molecule has 2 fully saturated rings. The fourth-order valence-electron chi connectivity index (χ4n) is 5.41. The molecule has 1 aromatic carbocycles. The maximum absolute atomic E-state index is 15.1. The second kappa shape index (κ2) is 8.12. The second-order valence-corrected chi connectivity index (χ2v) is 10.2. The predicted octanol–water partition coefficient (Wildman–Crippen LogP) is 3.45. The molecule has 36 heavy (non-hydrogen) atoms. The van der Waals surface area contributed by atoms with Gasteiger partial charge in [0.1, 0.15) is 5.82 Å². The van der Waals surface area contributed by atoms with Crippen LogP contribution in [0.2, 0.25) is 0 Å². The molecule has 0 aliphatic carbocycles. The summed E-state index contributed by atoms with van der Waals surface area (Å²) < 4.78 is 21.0. The van der Waals surface area contributed by atoms with Crippen molar-refractivity contribution in [2.45, 2.75) is 38.0 Å². The molecule has 2 saturated heterocycles. The largest absolute Gasteiger partial charge is 0.474 e. The summed E-state index contributed by atoms with van der Waals surface area (Å²) in [6.07, 6.45) is 4.36. The molecule has 2 aromatic heterocycles. The lowest BCUT2D eigenvalue weighted by molar-refractivity contribution is -0.132. The summed E-state index contributed by atoms with van der Waals surface area (Å²) in [6, 6.07) is 9.62. The average Bonchev–Trinajstić information content (AvgIpc) is 3.42. The van der Waals surface area contributed by atoms with E-state index in [1.807, 2.05) is 18.2 Å². The Balaban J connectivity index is 1.22. The van der Waals surface area contributed by atoms with Gasteiger partial charge in [0.15, 0.2) is 17.2 Å². The molecule has 2 bridgehead atoms. The summed E-state index contributed by atoms with van der Waals surface area (Å²) in [6.45, 7) is 5.28. The first-order valence-corrected chi connectivity index (χ1v) is 12.0. The standard InChI is InChI=1S/C26H28FN7O2/c1-26(2)24(35)33(4)23-22(36-26)9-15(12-29-23)20-7-8-28-25(31-20)30-16-5-6-21(19(27)10-16)34-14-17-11-18(34)13-32(17)3/h5-10,12,17-18H,11,13-14H2,1-4H3,(H,28,30,31)/t17-,18-/m0/s1. The molecule has 0 radical (unpaired) electrons. The van der Waals surface area contributed by atoms with E-state index in [4.69, 9.17) is 4.74 Å². The Morgan fingerprint density at radius 3 is 2.67 bits per heavy atom. The van der Waals surface area contributed by atoms with Crippen LogP contribution >= 0.6 is 0 Å². The Bertz CT molecular complexity index is 1360. The van der Waals surface area contributed by atoms with Crippen LogP contribution in [0.5, 0.6) is 5.75 Å². The van der Waals surface area contributed by atoms with Crippen molar-refractivity contribution in [1.82, 2.24) is 19.9 Å². The van der Waals surface area contributed by atoms with Crippen LogP contribution in [0.15, 0.2) is 42.7 Å². The van der Waals surface area contributed by atoms with Crippen LogP contribution in [0.1, 0.15) is 20.3 Å². The molecule has 0 spiro atoms. The Labute approximate surface area is 208 Å². The fraction of sp³-hybridized carbons (Fsp3) is 0.385. The predicted molar refractivity (Wildman–Crippen MR) is 135 cm³/mol. The molecule has 10 heteroatoms. The molecule has 3 aliphatic heterocycles. The number of likely N-dealkylation sites (tertiary alicyclic amines) is 1. The van der Waals surface area contributed by atoms with Gasteiger partial charge < -0.3 is 15.0 Å². The van der Waals surface area contributed by atoms with Gasteiger partial charge in [-0.1, -0.05) is 0 Å². The summed E-state index contributed by atoms with van der Waals surface area (Å²) in [4.78, 5) is 31.8. The highest BCUT2D eigenvalue weighted by atomic mass is 19.1. The zero-order chi connectivity index (χ0) is 25.2. The van der Waals surface area contributed by atoms with E-state index in [-0.39, 0.29) is 11.7 Å². The quantitative estimate of drug-likeness (QED) is 0.597. The number of nitrogens with zero attached hydrogens (tertiary/aromatic N) is 6. The van der Waals surface area contributed by atoms with Crippen molar-refractivity contribution in [3.8, 4) is 17.0 Å². The minimum atomic E-state index is -0.985. The number of halogens is 1. The van der Waals surface area contributed by atoms with E-state index in [0.717, 1.165) is 19.5 Å². The highest BCUT2D eigenvalue weighted by Gasteiger charge is 2.42. The topological polar surface area (TPSA) is 86.7 Å². The number of amides is 1. The first-order valence-electron chi connectivity index (χ1n) is 12.0. The summed E-state index contributed by atoms with van der Waals surface area (Å²) in [5.41, 5.74) is 1.57. The number of nitrogens with one attached hydrogen (secondary N) is 1. The monoisotopic (exact) mass is 489 g/mol. The third-order valence-corrected chi connectivity index (χ3v) is 7.31. The van der Waals surface area contributed by atoms with E-state index in [0.29, 0.717) is 52.2 Å². The Morgan fingerprint density at radius 1 is 1.11 bits per heavy atom. The molecule has 0 unspecified atom stereocenters. The summed E-state index contributed by atoms with van der Waals surface area (Å²) in [5, 5.41) is 3.11. The van der Waals surface area contributed by atoms with E-state index < -0.39 is 5.60 Å². The average molecular weight is 490 g/mol. The van der Waals surface area contributed by atoms with Crippen LogP contribution in [-0.4, -0.2) is 70.6 Å². The molecular weight excluding hydrogens is 461 g/mol. The van der Waals surface area contributed by atoms with Gasteiger partial charge in [-0.25, -0.2) is 19.3 Å². The van der Waals surface area contributed by atoms with E-state index in [1.54, 1.807) is 39.4 Å². The summed E-state index contributed by atoms with van der Waals surface area (Å²) in [5.74, 6) is 0.888. The van der Waals surface area contributed by atoms with Crippen LogP contribution in [0.25, 0.3) is 11.3 Å². The van der Waals surface area contributed by atoms with Crippen molar-refractivity contribution in [1.29, 1.82) is 0 Å². The number of pyridine rings is 1. The van der Waals surface area contributed by atoms with Gasteiger partial charge in [0.2, 0.25) is 5.95 Å². The van der Waals surface area contributed by atoms with Crippen LogP contribution in [-0.2, 0) is 4.79 Å². The lowest BCUT2D eigenvalue weighted by Gasteiger charge is -2.36. The summed E-state index contributed by atoms with van der Waals surface area (Å²) >= 11 is 0. The molecule has 0 saturated carbocycles. The van der Waals surface area contributed by atoms with Crippen LogP contribution in [0, 0.1) is 5.82 Å². The molecule has 2 atom stereocenters. The minimum absolute atomic E-state index is 0.161. The first-order chi connectivity index (χ1) is 17.2. The SMILES string of the molecule is CN1C(=O)C(C)(C)Oc2cc(-c3ccnc(Nc4ccc(N5C[C@@H]6C[C@H]5CN6C)c(F)c4)n3)cnc21. The van der Waals surface area contributed by atoms with Crippen molar-refractivity contribution < 1.29 is 13.9 Å². The molecule has 1 amide bonds. The van der Waals surface area contributed by atoms with E-state index in [1.165, 1.54) is 11.0 Å². The Kier molecular flexibility index (Phi) is 5.11. The van der Waals surface area contributed by atoms with E-state index in [9.17, 15) is 4.79 Å². The fourth-order valence-corrected chi connectivity index (χ4v) is 5.41. The third-order valence-electron chi connectivity index (χ3n) is 7.31. The number of piperazine rings is 1. The van der Waals surface area contributed by atoms with Gasteiger partial charge in [0, 0.05) is 55.9 Å². The number of hydrogen-bond donors (Lipinski definition) is 1. The van der Waals surface area contributed by atoms with Gasteiger partial charge in [-0.3, -0.25) is 14.6 Å². The number of rotatable bonds is 4. The van der Waals surface area contributed by atoms with Gasteiger partial charge in [0.25, 0.3) is 5.91 Å². The number of fused-ring (bicyclic) bond motifs is 3. The molecule has 5 heterocycles. The number of anilines is 4. The molecule has 3 aliphatic rings. The first kappa shape index (κ1) is 22.7. The smallest absolute Gasteiger partial charge is 0.271 e. The highest BCUT2D eigenvalue weighted by Crippen LogP contribution is 2.38. The lowest BCUT2D eigenvalue weighted by atomic mass is 10.1. The number of hydrogen-bond acceptors (Lipinski definition) is 8. The van der Waals surface area contributed by atoms with Gasteiger partial charge >= 0.3 is 0 Å².